The number of hydrogen-bond acceptors (Lipinski definition) is 2. The molecule has 128 valence electrons. The first-order valence-corrected chi connectivity index (χ1v) is 6.65. The molecule has 1 heterocycles. The fraction of sp³-hybridized carbons (Fsp3) is 0.538. The Kier molecular flexibility index (Phi) is 8.83. The van der Waals surface area contributed by atoms with Crippen LogP contribution < -0.4 is 10.1 Å². The lowest BCUT2D eigenvalue weighted by Gasteiger charge is -2.32. The standard InChI is InChI=1S/C13H14ClF4NO.2ClH/c14-10-7-9(15)1-2-11(10)20-12(13(16,17)18)8-3-5-19-6-4-8;;/h1-2,7-8,12,19H,3-6H2;2*1H. The first kappa shape index (κ1) is 21.6. The van der Waals surface area contributed by atoms with Crippen molar-refractivity contribution in [1.29, 1.82) is 0 Å². The summed E-state index contributed by atoms with van der Waals surface area (Å²) in [7, 11) is 0. The SMILES string of the molecule is Cl.Cl.Fc1ccc(OC(C2CCNCC2)C(F)(F)F)c(Cl)c1. The fourth-order valence-electron chi connectivity index (χ4n) is 2.28. The lowest BCUT2D eigenvalue weighted by molar-refractivity contribution is -0.212. The maximum Gasteiger partial charge on any atom is 0.425 e. The van der Waals surface area contributed by atoms with Gasteiger partial charge in [-0.1, -0.05) is 11.6 Å². The summed E-state index contributed by atoms with van der Waals surface area (Å²) < 4.78 is 57.4. The lowest BCUT2D eigenvalue weighted by Crippen LogP contribution is -2.45. The maximum atomic E-state index is 13.1. The Morgan fingerprint density at radius 3 is 2.27 bits per heavy atom. The topological polar surface area (TPSA) is 21.3 Å². The van der Waals surface area contributed by atoms with Crippen molar-refractivity contribution in [3.63, 3.8) is 0 Å². The van der Waals surface area contributed by atoms with E-state index in [1.54, 1.807) is 0 Å². The molecule has 0 saturated carbocycles. The monoisotopic (exact) mass is 383 g/mol. The lowest BCUT2D eigenvalue weighted by atomic mass is 9.91. The van der Waals surface area contributed by atoms with Gasteiger partial charge in [-0.2, -0.15) is 13.2 Å². The van der Waals surface area contributed by atoms with Crippen LogP contribution in [-0.2, 0) is 0 Å². The van der Waals surface area contributed by atoms with E-state index in [9.17, 15) is 17.6 Å². The highest BCUT2D eigenvalue weighted by Crippen LogP contribution is 2.36. The Balaban J connectivity index is 0.00000220. The van der Waals surface area contributed by atoms with Crippen molar-refractivity contribution in [2.45, 2.75) is 25.1 Å². The van der Waals surface area contributed by atoms with Crippen LogP contribution in [0.25, 0.3) is 0 Å². The zero-order valence-corrected chi connectivity index (χ0v) is 13.7. The third kappa shape index (κ3) is 5.65. The third-order valence-corrected chi connectivity index (χ3v) is 3.58. The second-order valence-electron chi connectivity index (χ2n) is 4.74. The third-order valence-electron chi connectivity index (χ3n) is 3.28. The van der Waals surface area contributed by atoms with Crippen LogP contribution in [0.2, 0.25) is 5.02 Å². The van der Waals surface area contributed by atoms with Crippen molar-refractivity contribution in [2.75, 3.05) is 13.1 Å². The largest absolute Gasteiger partial charge is 0.479 e. The average Bonchev–Trinajstić information content (AvgIpc) is 2.37. The molecule has 2 rings (SSSR count). The Morgan fingerprint density at radius 1 is 1.18 bits per heavy atom. The Morgan fingerprint density at radius 2 is 1.77 bits per heavy atom. The first-order chi connectivity index (χ1) is 9.38. The quantitative estimate of drug-likeness (QED) is 0.767. The summed E-state index contributed by atoms with van der Waals surface area (Å²) in [5, 5.41) is 2.85. The fourth-order valence-corrected chi connectivity index (χ4v) is 2.50. The van der Waals surface area contributed by atoms with Crippen LogP contribution in [0.1, 0.15) is 12.8 Å². The molecule has 1 atom stereocenters. The maximum absolute atomic E-state index is 13.1. The normalized spacial score (nSPS) is 17.1. The molecule has 0 bridgehead atoms. The number of piperidine rings is 1. The van der Waals surface area contributed by atoms with Crippen LogP contribution in [0.15, 0.2) is 18.2 Å². The van der Waals surface area contributed by atoms with Crippen molar-refractivity contribution in [3.8, 4) is 5.75 Å². The van der Waals surface area contributed by atoms with Gasteiger partial charge < -0.3 is 10.1 Å². The van der Waals surface area contributed by atoms with Crippen LogP contribution in [0, 0.1) is 11.7 Å². The van der Waals surface area contributed by atoms with Crippen molar-refractivity contribution in [2.24, 2.45) is 5.92 Å². The molecule has 22 heavy (non-hydrogen) atoms. The number of benzene rings is 1. The number of ether oxygens (including phenoxy) is 1. The molecule has 0 aliphatic carbocycles. The van der Waals surface area contributed by atoms with E-state index in [1.165, 1.54) is 0 Å². The van der Waals surface area contributed by atoms with E-state index in [-0.39, 0.29) is 35.6 Å². The number of alkyl halides is 3. The summed E-state index contributed by atoms with van der Waals surface area (Å²) in [6.45, 7) is 1.05. The highest BCUT2D eigenvalue weighted by Gasteiger charge is 2.47. The summed E-state index contributed by atoms with van der Waals surface area (Å²) in [5.74, 6) is -1.39. The van der Waals surface area contributed by atoms with Gasteiger partial charge in [-0.25, -0.2) is 4.39 Å². The van der Waals surface area contributed by atoms with E-state index in [0.29, 0.717) is 25.9 Å². The molecule has 1 aliphatic heterocycles. The molecule has 1 aromatic carbocycles. The molecule has 1 saturated heterocycles. The highest BCUT2D eigenvalue weighted by atomic mass is 35.5. The van der Waals surface area contributed by atoms with Gasteiger partial charge in [0.05, 0.1) is 5.02 Å². The number of rotatable bonds is 3. The molecular weight excluding hydrogens is 369 g/mol. The predicted octanol–water partition coefficient (Wildman–Crippen LogP) is 4.63. The summed E-state index contributed by atoms with van der Waals surface area (Å²) in [6, 6.07) is 3.08. The van der Waals surface area contributed by atoms with Crippen LogP contribution in [0.3, 0.4) is 0 Å². The molecule has 0 spiro atoms. The Bertz CT molecular complexity index is 467. The molecule has 9 heteroatoms. The van der Waals surface area contributed by atoms with Gasteiger partial charge in [0.2, 0.25) is 0 Å². The summed E-state index contributed by atoms with van der Waals surface area (Å²) >= 11 is 5.72. The zero-order valence-electron chi connectivity index (χ0n) is 11.3. The minimum atomic E-state index is -4.49. The Hall–Kier alpha value is -0.430. The van der Waals surface area contributed by atoms with E-state index in [1.807, 2.05) is 0 Å². The minimum absolute atomic E-state index is 0. The van der Waals surface area contributed by atoms with E-state index in [2.05, 4.69) is 5.32 Å². The van der Waals surface area contributed by atoms with Gasteiger partial charge in [0.1, 0.15) is 11.6 Å². The summed E-state index contributed by atoms with van der Waals surface area (Å²) in [6.07, 6.45) is -5.65. The first-order valence-electron chi connectivity index (χ1n) is 6.27. The van der Waals surface area contributed by atoms with E-state index in [0.717, 1.165) is 18.2 Å². The second-order valence-corrected chi connectivity index (χ2v) is 5.15. The highest BCUT2D eigenvalue weighted by molar-refractivity contribution is 6.32. The number of halogens is 7. The van der Waals surface area contributed by atoms with Crippen LogP contribution >= 0.6 is 36.4 Å². The molecule has 1 aromatic rings. The van der Waals surface area contributed by atoms with Crippen LogP contribution in [0.4, 0.5) is 17.6 Å². The molecule has 1 aliphatic rings. The summed E-state index contributed by atoms with van der Waals surface area (Å²) in [5.41, 5.74) is 0. The van der Waals surface area contributed by atoms with Gasteiger partial charge in [-0.15, -0.1) is 24.8 Å². The minimum Gasteiger partial charge on any atom is -0.479 e. The predicted molar refractivity (Wildman–Crippen MR) is 82.0 cm³/mol. The van der Waals surface area contributed by atoms with Gasteiger partial charge in [0.15, 0.2) is 6.10 Å². The van der Waals surface area contributed by atoms with Gasteiger partial charge >= 0.3 is 6.18 Å². The van der Waals surface area contributed by atoms with E-state index >= 15 is 0 Å². The Labute approximate surface area is 143 Å². The van der Waals surface area contributed by atoms with Gasteiger partial charge in [0, 0.05) is 5.92 Å². The van der Waals surface area contributed by atoms with Crippen molar-refractivity contribution in [1.82, 2.24) is 5.32 Å². The van der Waals surface area contributed by atoms with Crippen molar-refractivity contribution >= 4 is 36.4 Å². The van der Waals surface area contributed by atoms with Gasteiger partial charge in [-0.3, -0.25) is 0 Å². The number of hydrogen-bond donors (Lipinski definition) is 1. The van der Waals surface area contributed by atoms with E-state index < -0.39 is 24.0 Å². The molecule has 0 aromatic heterocycles. The van der Waals surface area contributed by atoms with Crippen molar-refractivity contribution < 1.29 is 22.3 Å². The molecule has 1 N–H and O–H groups in total. The molecule has 0 amide bonds. The summed E-state index contributed by atoms with van der Waals surface area (Å²) in [4.78, 5) is 0. The molecule has 2 nitrogen and oxygen atoms in total. The van der Waals surface area contributed by atoms with Crippen LogP contribution in [-0.4, -0.2) is 25.4 Å². The van der Waals surface area contributed by atoms with Crippen molar-refractivity contribution in [3.05, 3.63) is 29.0 Å². The van der Waals surface area contributed by atoms with E-state index in [4.69, 9.17) is 16.3 Å². The molecule has 0 radical (unpaired) electrons. The molecule has 1 unspecified atom stereocenters. The van der Waals surface area contributed by atoms with Gasteiger partial charge in [0.25, 0.3) is 0 Å². The second kappa shape index (κ2) is 9.01. The molecular formula is C13H16Cl3F4NO. The number of nitrogens with one attached hydrogen (secondary N) is 1. The van der Waals surface area contributed by atoms with Crippen LogP contribution in [0.5, 0.6) is 5.75 Å². The molecule has 1 fully saturated rings. The zero-order chi connectivity index (χ0) is 14.8. The smallest absolute Gasteiger partial charge is 0.425 e. The van der Waals surface area contributed by atoms with Gasteiger partial charge in [-0.05, 0) is 44.1 Å². The average molecular weight is 385 g/mol.